The van der Waals surface area contributed by atoms with E-state index in [9.17, 15) is 126 Å². The molecule has 0 radical (unpaired) electrons. The monoisotopic (exact) mass is 2010 g/mol. The van der Waals surface area contributed by atoms with Crippen molar-refractivity contribution < 1.29 is 126 Å². The van der Waals surface area contributed by atoms with Gasteiger partial charge >= 0.3 is 17.9 Å². The van der Waals surface area contributed by atoms with E-state index in [0.29, 0.717) is 12.8 Å². The Labute approximate surface area is 815 Å². The van der Waals surface area contributed by atoms with Gasteiger partial charge in [-0.05, 0) is 120 Å². The number of nitrogens with two attached hydrogens (primary N) is 8. The minimum Gasteiger partial charge on any atom is -0.481 e. The Morgan fingerprint density at radius 2 is 0.574 bits per heavy atom. The Morgan fingerprint density at radius 1 is 0.284 bits per heavy atom. The van der Waals surface area contributed by atoms with Crippen LogP contribution < -0.4 is 152 Å². The van der Waals surface area contributed by atoms with Gasteiger partial charge < -0.3 is 168 Å². The molecule has 0 spiro atoms. The first kappa shape index (κ1) is 127. The van der Waals surface area contributed by atoms with Crippen LogP contribution in [0, 0.1) is 45.8 Å². The predicted octanol–water partition coefficient (Wildman–Crippen LogP) is -11.3. The molecule has 0 heterocycles. The van der Waals surface area contributed by atoms with E-state index in [1.807, 2.05) is 5.32 Å². The lowest BCUT2D eigenvalue weighted by atomic mass is 9.94. The molecular weight excluding hydrogens is 1860 g/mol. The maximum Gasteiger partial charge on any atom is 0.326 e. The summed E-state index contributed by atoms with van der Waals surface area (Å²) in [4.78, 5) is 310. The van der Waals surface area contributed by atoms with Crippen molar-refractivity contribution >= 4 is 154 Å². The van der Waals surface area contributed by atoms with Gasteiger partial charge in [0, 0.05) is 32.5 Å². The lowest BCUT2D eigenvalue weighted by Gasteiger charge is -2.30. The minimum absolute atomic E-state index is 0.000126. The second-order valence-corrected chi connectivity index (χ2v) is 34.6. The quantitative estimate of drug-likeness (QED) is 0.0153. The summed E-state index contributed by atoms with van der Waals surface area (Å²) in [6, 6.07) is -24.7. The summed E-state index contributed by atoms with van der Waals surface area (Å²) in [6.45, 7) is 14.7. The van der Waals surface area contributed by atoms with Crippen LogP contribution in [0.15, 0.2) is 0 Å². The normalized spacial score (nSPS) is 14.8. The van der Waals surface area contributed by atoms with E-state index in [1.54, 1.807) is 48.5 Å². The summed E-state index contributed by atoms with van der Waals surface area (Å²) in [5.74, 6) is -31.1. The van der Waals surface area contributed by atoms with E-state index >= 15 is 0 Å². The lowest BCUT2D eigenvalue weighted by molar-refractivity contribution is -0.143. The van der Waals surface area contributed by atoms with Gasteiger partial charge in [-0.2, -0.15) is 0 Å². The molecule has 0 fully saturated rings. The first-order chi connectivity index (χ1) is 66.0. The van der Waals surface area contributed by atoms with E-state index in [1.165, 1.54) is 27.7 Å². The van der Waals surface area contributed by atoms with Crippen LogP contribution in [0.2, 0.25) is 0 Å². The summed E-state index contributed by atoms with van der Waals surface area (Å²) in [6.07, 6.45) is -4.91. The van der Waals surface area contributed by atoms with Crippen molar-refractivity contribution in [1.29, 1.82) is 16.2 Å². The van der Waals surface area contributed by atoms with Crippen molar-refractivity contribution in [2.75, 3.05) is 45.8 Å². The zero-order valence-corrected chi connectivity index (χ0v) is 81.5. The van der Waals surface area contributed by atoms with Crippen molar-refractivity contribution in [3.05, 3.63) is 0 Å². The smallest absolute Gasteiger partial charge is 0.326 e. The minimum atomic E-state index is -2.21. The van der Waals surface area contributed by atoms with Crippen molar-refractivity contribution in [2.45, 2.75) is 295 Å². The number of unbranched alkanes of at least 4 members (excludes halogenated alkanes) is 1. The van der Waals surface area contributed by atoms with E-state index in [2.05, 4.69) is 101 Å². The highest BCUT2D eigenvalue weighted by molar-refractivity contribution is 6.03. The maximum absolute atomic E-state index is 14.4. The van der Waals surface area contributed by atoms with Gasteiger partial charge in [-0.25, -0.2) is 4.79 Å². The second-order valence-electron chi connectivity index (χ2n) is 34.6. The molecule has 141 heavy (non-hydrogen) atoms. The Morgan fingerprint density at radius 3 is 0.950 bits per heavy atom. The molecule has 0 aromatic carbocycles. The van der Waals surface area contributed by atoms with Gasteiger partial charge in [0.1, 0.15) is 90.6 Å². The fourth-order valence-electron chi connectivity index (χ4n) is 13.4. The zero-order valence-electron chi connectivity index (χ0n) is 81.5. The van der Waals surface area contributed by atoms with Crippen molar-refractivity contribution in [2.24, 2.45) is 75.5 Å². The highest BCUT2D eigenvalue weighted by Gasteiger charge is 2.41. The molecule has 0 aliphatic rings. The molecule has 20 amide bonds. The largest absolute Gasteiger partial charge is 0.481 e. The fourth-order valence-corrected chi connectivity index (χ4v) is 13.4. The Bertz CT molecular complexity index is 4310. The third-order valence-corrected chi connectivity index (χ3v) is 21.9. The van der Waals surface area contributed by atoms with Crippen LogP contribution in [-0.4, -0.2) is 306 Å². The van der Waals surface area contributed by atoms with E-state index in [0.717, 1.165) is 0 Å². The fraction of sp³-hybridized carbons (Fsp3) is 0.690. The third kappa shape index (κ3) is 52.2. The number of nitrogens with one attached hydrogen (secondary N) is 23. The molecular formula is C84H149N31O26. The Hall–Kier alpha value is -14.5. The van der Waals surface area contributed by atoms with Gasteiger partial charge in [0.2, 0.25) is 118 Å². The van der Waals surface area contributed by atoms with Gasteiger partial charge in [0.25, 0.3) is 0 Å². The summed E-state index contributed by atoms with van der Waals surface area (Å²) in [5, 5.41) is 101. The number of hydrogen-bond acceptors (Lipinski definition) is 28. The molecule has 0 rings (SSSR count). The van der Waals surface area contributed by atoms with Crippen LogP contribution in [0.4, 0.5) is 0 Å². The molecule has 0 aliphatic heterocycles. The number of aliphatic carboxylic acids is 3. The second kappa shape index (κ2) is 66.9. The van der Waals surface area contributed by atoms with Crippen LogP contribution in [0.3, 0.4) is 0 Å². The van der Waals surface area contributed by atoms with Crippen LogP contribution in [-0.2, 0) is 110 Å². The number of carbonyl (C=O) groups is 23. The van der Waals surface area contributed by atoms with Crippen LogP contribution in [0.1, 0.15) is 205 Å². The van der Waals surface area contributed by atoms with Gasteiger partial charge in [-0.15, -0.1) is 0 Å². The molecule has 0 unspecified atom stereocenters. The third-order valence-electron chi connectivity index (χ3n) is 21.9. The van der Waals surface area contributed by atoms with Crippen LogP contribution in [0.5, 0.6) is 0 Å². The number of guanidine groups is 3. The van der Waals surface area contributed by atoms with Crippen molar-refractivity contribution in [3.63, 3.8) is 0 Å². The molecule has 57 heteroatoms. The van der Waals surface area contributed by atoms with Gasteiger partial charge in [-0.3, -0.25) is 122 Å². The maximum atomic E-state index is 14.4. The Kier molecular flexibility index (Phi) is 60.1. The standard InChI is InChI=1S/C84H149N31O26/c1-12-41(8)64(115-80(139)66(43(10)14-3)113-67(126)44(11)101-73(132)51(32-39(4)5)109-71(130)49(25-27-56(88)117)107-68(127)45(21-17-29-96-82(90)91)103-59(120)37-99-77(136)63(40(6)7)112-72(131)48(24-26-55(87)116)102-58(119)36-86)78(137)100-38-60(121)104-53(34-61(122)123)75(134)110-54(35-62(124)125)76(135)114-65(42(9)13-2)79(138)111-52(33-57(89)118)74(133)106-46(22-18-30-97-83(92)93)69(128)105-47(23-19-31-98-84(94)95)70(129)108-50(81(140)141)20-15-16-28-85/h39-54,63-66H,12-38,85-86H2,1-11H3,(H2,87,116)(H2,88,117)(H2,89,118)(H,99,136)(H,100,137)(H,101,132)(H,102,119)(H,103,120)(H,104,121)(H,105,128)(H,106,133)(H,107,127)(H,108,129)(H,109,130)(H,110,134)(H,111,138)(H,112,131)(H,113,126)(H,114,135)(H,115,139)(H,122,123)(H,124,125)(H,140,141)(H4,90,91,96)(H4,92,93,97)(H4,94,95,98)/t41-,42-,43-,44-,45-,46-,47-,48-,49-,50-,51-,52-,53-,54-,63-,64-,65-,66-/m0/s1. The van der Waals surface area contributed by atoms with Gasteiger partial charge in [0.15, 0.2) is 17.9 Å². The topological polar surface area (TPSA) is 974 Å². The zero-order chi connectivity index (χ0) is 108. The van der Waals surface area contributed by atoms with Gasteiger partial charge in [0.05, 0.1) is 38.9 Å². The van der Waals surface area contributed by atoms with Crippen LogP contribution >= 0.6 is 0 Å². The Balaban J connectivity index is 7.00. The van der Waals surface area contributed by atoms with E-state index in [-0.39, 0.29) is 116 Å². The highest BCUT2D eigenvalue weighted by Crippen LogP contribution is 2.18. The number of carboxylic acids is 3. The summed E-state index contributed by atoms with van der Waals surface area (Å²) >= 11 is 0. The molecule has 57 nitrogen and oxygen atoms in total. The average molecular weight is 2010 g/mol. The number of primary amides is 3. The molecule has 0 aromatic rings. The summed E-state index contributed by atoms with van der Waals surface area (Å²) < 4.78 is 0. The van der Waals surface area contributed by atoms with Crippen LogP contribution in [0.25, 0.3) is 0 Å². The number of hydrogen-bond donors (Lipinski definition) is 34. The number of rotatable bonds is 72. The first-order valence-corrected chi connectivity index (χ1v) is 46.2. The molecule has 0 saturated heterocycles. The number of carboxylic acid groups (broad SMARTS) is 3. The van der Waals surface area contributed by atoms with Crippen molar-refractivity contribution in [3.8, 4) is 0 Å². The molecule has 0 aliphatic carbocycles. The molecule has 0 saturated carbocycles. The van der Waals surface area contributed by atoms with E-state index < -0.39 is 320 Å². The summed E-state index contributed by atoms with van der Waals surface area (Å²) in [5.41, 5.74) is 43.5. The molecule has 0 aromatic heterocycles. The summed E-state index contributed by atoms with van der Waals surface area (Å²) in [7, 11) is 0. The highest BCUT2D eigenvalue weighted by atomic mass is 16.4. The SMILES string of the molecule is CC[C@H](C)[C@H](NC(=O)[C@H](C)NC(=O)[C@H](CC(C)C)NC(=O)[C@H](CCC(N)=O)NC(=O)[C@H](CCCNC(=N)N)NC(=O)CNC(=O)[C@@H](NC(=O)[C@H](CCC(N)=O)NC(=O)CN)C(C)C)C(=O)N[C@H](C(=O)NCC(=O)N[C@@H](CC(=O)O)C(=O)N[C@@H](CC(=O)O)C(=O)N[C@H](C(=O)N[C@@H](CC(N)=O)C(=O)N[C@@H](CCCNC(=N)N)C(=O)N[C@@H](CCCNC(=N)N)C(=O)N[C@@H](CCCCN)C(=O)O)[C@@H](C)CC)[C@@H](C)CC. The molecule has 18 atom stereocenters. The molecule has 0 bridgehead atoms. The predicted molar refractivity (Wildman–Crippen MR) is 506 cm³/mol. The average Bonchev–Trinajstić information content (AvgIpc) is 0.908. The lowest BCUT2D eigenvalue weighted by Crippen LogP contribution is -2.61. The van der Waals surface area contributed by atoms with Crippen molar-refractivity contribution in [1.82, 2.24) is 106 Å². The number of amides is 20. The molecule has 42 N–H and O–H groups in total. The van der Waals surface area contributed by atoms with E-state index in [4.69, 9.17) is 62.1 Å². The first-order valence-electron chi connectivity index (χ1n) is 46.2. The van der Waals surface area contributed by atoms with Gasteiger partial charge in [-0.1, -0.05) is 88.5 Å². The number of carbonyl (C=O) groups excluding carboxylic acids is 20. The molecule has 796 valence electrons.